The topological polar surface area (TPSA) is 37.4 Å². The van der Waals surface area contributed by atoms with Crippen LogP contribution in [0.25, 0.3) is 0 Å². The fraction of sp³-hybridized carbons (Fsp3) is 0.600. The molecule has 1 fully saturated rings. The molecule has 0 radical (unpaired) electrons. The Morgan fingerprint density at radius 3 is 2.82 bits per heavy atom. The molecule has 0 aromatic carbocycles. The number of hydrogen-bond acceptors (Lipinski definition) is 3. The summed E-state index contributed by atoms with van der Waals surface area (Å²) in [6.45, 7) is 1.30. The first-order valence-electron chi connectivity index (χ1n) is 5.35. The van der Waals surface area contributed by atoms with E-state index in [0.29, 0.717) is 23.2 Å². The lowest BCUT2D eigenvalue weighted by Gasteiger charge is -2.14. The fourth-order valence-corrected chi connectivity index (χ4v) is 6.31. The molecule has 1 aliphatic heterocycles. The Hall–Kier alpha value is 0.570. The van der Waals surface area contributed by atoms with Crippen molar-refractivity contribution in [1.29, 1.82) is 0 Å². The van der Waals surface area contributed by atoms with Crippen molar-refractivity contribution >= 4 is 53.2 Å². The number of alkyl halides is 1. The van der Waals surface area contributed by atoms with Crippen molar-refractivity contribution in [2.45, 2.75) is 17.1 Å². The van der Waals surface area contributed by atoms with Crippen LogP contribution in [0.5, 0.6) is 0 Å². The van der Waals surface area contributed by atoms with Crippen LogP contribution < -0.4 is 0 Å². The Balaban J connectivity index is 2.13. The van der Waals surface area contributed by atoms with Crippen molar-refractivity contribution in [2.24, 2.45) is 5.92 Å². The third-order valence-electron chi connectivity index (χ3n) is 2.91. The summed E-state index contributed by atoms with van der Waals surface area (Å²) in [5.41, 5.74) is 0. The minimum absolute atomic E-state index is 0.434. The second kappa shape index (κ2) is 5.69. The molecule has 0 bridgehead atoms. The van der Waals surface area contributed by atoms with Gasteiger partial charge in [0.15, 0.2) is 0 Å². The molecule has 0 N–H and O–H groups in total. The highest BCUT2D eigenvalue weighted by atomic mass is 79.9. The second-order valence-corrected chi connectivity index (χ2v) is 9.47. The Morgan fingerprint density at radius 2 is 2.24 bits per heavy atom. The summed E-state index contributed by atoms with van der Waals surface area (Å²) >= 11 is 7.98. The van der Waals surface area contributed by atoms with Crippen LogP contribution in [0.3, 0.4) is 0 Å². The summed E-state index contributed by atoms with van der Waals surface area (Å²) < 4.78 is 27.5. The fourth-order valence-electron chi connectivity index (χ4n) is 1.97. The third kappa shape index (κ3) is 3.12. The van der Waals surface area contributed by atoms with E-state index in [1.807, 2.05) is 0 Å². The average Bonchev–Trinajstić information content (AvgIpc) is 2.88. The third-order valence-corrected chi connectivity index (χ3v) is 7.32. The smallest absolute Gasteiger partial charge is 0.206 e. The van der Waals surface area contributed by atoms with Gasteiger partial charge in [0.1, 0.15) is 4.21 Å². The molecule has 0 spiro atoms. The van der Waals surface area contributed by atoms with Gasteiger partial charge in [0.25, 0.3) is 10.0 Å². The lowest BCUT2D eigenvalue weighted by molar-refractivity contribution is 0.455. The van der Waals surface area contributed by atoms with E-state index in [1.54, 1.807) is 16.4 Å². The predicted molar refractivity (Wildman–Crippen MR) is 77.3 cm³/mol. The number of sulfonamides is 1. The van der Waals surface area contributed by atoms with E-state index >= 15 is 0 Å². The van der Waals surface area contributed by atoms with Gasteiger partial charge in [0.05, 0.1) is 3.79 Å². The maximum absolute atomic E-state index is 12.3. The van der Waals surface area contributed by atoms with Crippen LogP contribution >= 0.6 is 43.2 Å². The molecule has 0 saturated carbocycles. The molecule has 0 amide bonds. The van der Waals surface area contributed by atoms with Gasteiger partial charge in [0.2, 0.25) is 0 Å². The Labute approximate surface area is 123 Å². The first kappa shape index (κ1) is 14.0. The zero-order valence-corrected chi connectivity index (χ0v) is 13.9. The molecular formula is C10H13Br2NO2S2. The van der Waals surface area contributed by atoms with Gasteiger partial charge in [-0.05, 0) is 46.8 Å². The molecule has 2 rings (SSSR count). The highest BCUT2D eigenvalue weighted by Crippen LogP contribution is 2.31. The lowest BCUT2D eigenvalue weighted by atomic mass is 10.1. The van der Waals surface area contributed by atoms with Gasteiger partial charge >= 0.3 is 0 Å². The van der Waals surface area contributed by atoms with Crippen LogP contribution in [-0.4, -0.2) is 31.1 Å². The summed E-state index contributed by atoms with van der Waals surface area (Å²) in [7, 11) is -3.26. The lowest BCUT2D eigenvalue weighted by Crippen LogP contribution is -2.28. The highest BCUT2D eigenvalue weighted by molar-refractivity contribution is 9.11. The van der Waals surface area contributed by atoms with Gasteiger partial charge in [-0.2, -0.15) is 4.31 Å². The van der Waals surface area contributed by atoms with Crippen molar-refractivity contribution in [3.63, 3.8) is 0 Å². The van der Waals surface area contributed by atoms with Gasteiger partial charge in [0, 0.05) is 18.4 Å². The molecule has 17 heavy (non-hydrogen) atoms. The van der Waals surface area contributed by atoms with Gasteiger partial charge < -0.3 is 0 Å². The van der Waals surface area contributed by atoms with E-state index in [9.17, 15) is 8.42 Å². The summed E-state index contributed by atoms with van der Waals surface area (Å²) in [6, 6.07) is 3.45. The van der Waals surface area contributed by atoms with E-state index in [4.69, 9.17) is 0 Å². The SMILES string of the molecule is O=S(=O)(c1ccc(Br)s1)N1CCC(CCBr)C1. The van der Waals surface area contributed by atoms with Crippen molar-refractivity contribution < 1.29 is 8.42 Å². The number of nitrogens with zero attached hydrogens (tertiary/aromatic N) is 1. The van der Waals surface area contributed by atoms with Crippen LogP contribution in [0, 0.1) is 5.92 Å². The molecule has 1 saturated heterocycles. The number of rotatable bonds is 4. The summed E-state index contributed by atoms with van der Waals surface area (Å²) in [6.07, 6.45) is 2.01. The summed E-state index contributed by atoms with van der Waals surface area (Å²) in [4.78, 5) is 0. The minimum Gasteiger partial charge on any atom is -0.206 e. The van der Waals surface area contributed by atoms with E-state index in [1.165, 1.54) is 11.3 Å². The Bertz CT molecular complexity index is 486. The Kier molecular flexibility index (Phi) is 4.68. The normalized spacial score (nSPS) is 22.1. The maximum atomic E-state index is 12.3. The first-order chi connectivity index (χ1) is 8.04. The molecule has 1 unspecified atom stereocenters. The number of halogens is 2. The quantitative estimate of drug-likeness (QED) is 0.724. The zero-order chi connectivity index (χ0) is 12.5. The maximum Gasteiger partial charge on any atom is 0.252 e. The van der Waals surface area contributed by atoms with Crippen LogP contribution in [0.4, 0.5) is 0 Å². The number of thiophene rings is 1. The van der Waals surface area contributed by atoms with Gasteiger partial charge in [-0.3, -0.25) is 0 Å². The summed E-state index contributed by atoms with van der Waals surface area (Å²) in [5.74, 6) is 0.493. The second-order valence-electron chi connectivity index (χ2n) is 4.05. The molecule has 3 nitrogen and oxygen atoms in total. The van der Waals surface area contributed by atoms with Crippen LogP contribution in [-0.2, 0) is 10.0 Å². The molecule has 1 atom stereocenters. The molecular weight excluding hydrogens is 390 g/mol. The van der Waals surface area contributed by atoms with Gasteiger partial charge in [-0.1, -0.05) is 15.9 Å². The van der Waals surface area contributed by atoms with Crippen molar-refractivity contribution in [3.8, 4) is 0 Å². The standard InChI is InChI=1S/C10H13Br2NO2S2/c11-5-3-8-4-6-13(7-8)17(14,15)10-2-1-9(12)16-10/h1-2,8H,3-7H2. The van der Waals surface area contributed by atoms with Crippen LogP contribution in [0.2, 0.25) is 0 Å². The number of hydrogen-bond donors (Lipinski definition) is 0. The van der Waals surface area contributed by atoms with E-state index in [0.717, 1.165) is 22.0 Å². The van der Waals surface area contributed by atoms with Gasteiger partial charge in [-0.25, -0.2) is 8.42 Å². The highest BCUT2D eigenvalue weighted by Gasteiger charge is 2.32. The van der Waals surface area contributed by atoms with E-state index < -0.39 is 10.0 Å². The van der Waals surface area contributed by atoms with Crippen LogP contribution in [0.15, 0.2) is 20.1 Å². The molecule has 1 aromatic rings. The first-order valence-corrected chi connectivity index (χ1v) is 9.52. The van der Waals surface area contributed by atoms with E-state index in [2.05, 4.69) is 31.9 Å². The van der Waals surface area contributed by atoms with Gasteiger partial charge in [-0.15, -0.1) is 11.3 Å². The van der Waals surface area contributed by atoms with E-state index in [-0.39, 0.29) is 0 Å². The molecule has 0 aliphatic carbocycles. The monoisotopic (exact) mass is 401 g/mol. The molecule has 1 aromatic heterocycles. The molecule has 7 heteroatoms. The van der Waals surface area contributed by atoms with Crippen LogP contribution in [0.1, 0.15) is 12.8 Å². The van der Waals surface area contributed by atoms with Crippen molar-refractivity contribution in [1.82, 2.24) is 4.31 Å². The molecule has 96 valence electrons. The van der Waals surface area contributed by atoms with Crippen molar-refractivity contribution in [3.05, 3.63) is 15.9 Å². The Morgan fingerprint density at radius 1 is 1.47 bits per heavy atom. The predicted octanol–water partition coefficient (Wildman–Crippen LogP) is 3.31. The zero-order valence-electron chi connectivity index (χ0n) is 9.10. The largest absolute Gasteiger partial charge is 0.252 e. The minimum atomic E-state index is -3.26. The molecule has 1 aliphatic rings. The molecule has 2 heterocycles. The van der Waals surface area contributed by atoms with Crippen molar-refractivity contribution in [2.75, 3.05) is 18.4 Å². The summed E-state index contributed by atoms with van der Waals surface area (Å²) in [5, 5.41) is 0.941. The average molecular weight is 403 g/mol.